The second-order valence-electron chi connectivity index (χ2n) is 3.88. The fourth-order valence-electron chi connectivity index (χ4n) is 1.44. The fraction of sp³-hybridized carbons (Fsp3) is 0.250. The second-order valence-corrected chi connectivity index (χ2v) is 5.64. The van der Waals surface area contributed by atoms with E-state index in [4.69, 9.17) is 28.9 Å². The second kappa shape index (κ2) is 5.36. The van der Waals surface area contributed by atoms with E-state index in [0.717, 1.165) is 22.7 Å². The van der Waals surface area contributed by atoms with Gasteiger partial charge in [0.05, 0.1) is 20.7 Å². The molecular weight excluding hydrogens is 275 g/mol. The highest BCUT2D eigenvalue weighted by molar-refractivity contribution is 7.09. The summed E-state index contributed by atoms with van der Waals surface area (Å²) in [7, 11) is 0. The fourth-order valence-corrected chi connectivity index (χ4v) is 2.69. The van der Waals surface area contributed by atoms with Crippen LogP contribution in [0, 0.1) is 0 Å². The molecule has 1 aromatic carbocycles. The molecule has 0 bridgehead atoms. The molecular formula is C12H12Cl2N2S. The van der Waals surface area contributed by atoms with Crippen molar-refractivity contribution < 1.29 is 0 Å². The molecule has 0 spiro atoms. The van der Waals surface area contributed by atoms with Crippen molar-refractivity contribution in [1.29, 1.82) is 0 Å². The number of hydrogen-bond donors (Lipinski definition) is 1. The Kier molecular flexibility index (Phi) is 4.05. The highest BCUT2D eigenvalue weighted by atomic mass is 35.5. The Morgan fingerprint density at radius 1 is 1.35 bits per heavy atom. The lowest BCUT2D eigenvalue weighted by Gasteiger charge is -2.01. The molecule has 17 heavy (non-hydrogen) atoms. The molecule has 0 aliphatic heterocycles. The summed E-state index contributed by atoms with van der Waals surface area (Å²) in [5.74, 6) is 0. The normalized spacial score (nSPS) is 12.7. The number of benzene rings is 1. The molecule has 0 aliphatic carbocycles. The van der Waals surface area contributed by atoms with Crippen LogP contribution in [0.25, 0.3) is 0 Å². The van der Waals surface area contributed by atoms with Crippen LogP contribution in [0.3, 0.4) is 0 Å². The number of halogens is 2. The molecule has 0 saturated carbocycles. The van der Waals surface area contributed by atoms with Crippen molar-refractivity contribution in [3.8, 4) is 0 Å². The van der Waals surface area contributed by atoms with E-state index < -0.39 is 0 Å². The Bertz CT molecular complexity index is 523. The lowest BCUT2D eigenvalue weighted by Crippen LogP contribution is -2.05. The molecule has 2 rings (SSSR count). The van der Waals surface area contributed by atoms with E-state index in [1.807, 2.05) is 24.4 Å². The average Bonchev–Trinajstić information content (AvgIpc) is 2.72. The molecule has 0 aliphatic rings. The minimum atomic E-state index is -0.0196. The maximum atomic E-state index is 5.97. The molecule has 2 N–H and O–H groups in total. The molecule has 0 amide bonds. The van der Waals surface area contributed by atoms with E-state index in [1.165, 1.54) is 0 Å². The zero-order chi connectivity index (χ0) is 12.4. The van der Waals surface area contributed by atoms with Crippen molar-refractivity contribution >= 4 is 34.5 Å². The minimum absolute atomic E-state index is 0.0196. The predicted molar refractivity (Wildman–Crippen MR) is 74.0 cm³/mol. The number of rotatable bonds is 3. The van der Waals surface area contributed by atoms with E-state index in [-0.39, 0.29) is 6.04 Å². The number of hydrogen-bond acceptors (Lipinski definition) is 3. The standard InChI is InChI=1S/C12H12Cl2N2S/c1-7(15)11-6-17-12(16-11)5-8-2-3-9(13)10(14)4-8/h2-4,6-7H,5,15H2,1H3. The van der Waals surface area contributed by atoms with Gasteiger partial charge in [0.1, 0.15) is 0 Å². The van der Waals surface area contributed by atoms with Gasteiger partial charge in [0, 0.05) is 17.8 Å². The molecule has 2 nitrogen and oxygen atoms in total. The van der Waals surface area contributed by atoms with Crippen molar-refractivity contribution in [3.05, 3.63) is 49.9 Å². The van der Waals surface area contributed by atoms with Gasteiger partial charge < -0.3 is 5.73 Å². The maximum absolute atomic E-state index is 5.97. The van der Waals surface area contributed by atoms with Crippen molar-refractivity contribution in [2.45, 2.75) is 19.4 Å². The molecule has 0 fully saturated rings. The predicted octanol–water partition coefficient (Wildman–Crippen LogP) is 4.06. The first kappa shape index (κ1) is 12.8. The zero-order valence-electron chi connectivity index (χ0n) is 9.28. The molecule has 0 radical (unpaired) electrons. The van der Waals surface area contributed by atoms with Gasteiger partial charge >= 0.3 is 0 Å². The molecule has 1 aromatic heterocycles. The summed E-state index contributed by atoms with van der Waals surface area (Å²) in [6.07, 6.45) is 0.758. The van der Waals surface area contributed by atoms with Gasteiger partial charge in [-0.25, -0.2) is 4.98 Å². The van der Waals surface area contributed by atoms with Gasteiger partial charge in [0.2, 0.25) is 0 Å². The highest BCUT2D eigenvalue weighted by Gasteiger charge is 2.07. The number of nitrogens with two attached hydrogens (primary N) is 1. The van der Waals surface area contributed by atoms with Crippen LogP contribution in [0.1, 0.15) is 29.2 Å². The largest absolute Gasteiger partial charge is 0.323 e. The third kappa shape index (κ3) is 3.19. The molecule has 90 valence electrons. The molecule has 5 heteroatoms. The summed E-state index contributed by atoms with van der Waals surface area (Å²) in [5.41, 5.74) is 7.81. The van der Waals surface area contributed by atoms with Crippen LogP contribution >= 0.6 is 34.5 Å². The van der Waals surface area contributed by atoms with Crippen molar-refractivity contribution in [3.63, 3.8) is 0 Å². The van der Waals surface area contributed by atoms with Gasteiger partial charge in [-0.3, -0.25) is 0 Å². The van der Waals surface area contributed by atoms with Gasteiger partial charge in [-0.2, -0.15) is 0 Å². The quantitative estimate of drug-likeness (QED) is 0.924. The van der Waals surface area contributed by atoms with E-state index in [2.05, 4.69) is 4.98 Å². The molecule has 1 atom stereocenters. The summed E-state index contributed by atoms with van der Waals surface area (Å²) in [5, 5.41) is 4.19. The third-order valence-electron chi connectivity index (χ3n) is 2.38. The molecule has 0 saturated heterocycles. The Balaban J connectivity index is 2.16. The zero-order valence-corrected chi connectivity index (χ0v) is 11.6. The number of nitrogens with zero attached hydrogens (tertiary/aromatic N) is 1. The summed E-state index contributed by atoms with van der Waals surface area (Å²) in [6.45, 7) is 1.93. The SMILES string of the molecule is CC(N)c1csc(Cc2ccc(Cl)c(Cl)c2)n1. The van der Waals surface area contributed by atoms with Crippen molar-refractivity contribution in [1.82, 2.24) is 4.98 Å². The van der Waals surface area contributed by atoms with Gasteiger partial charge in [-0.15, -0.1) is 11.3 Å². The highest BCUT2D eigenvalue weighted by Crippen LogP contribution is 2.25. The van der Waals surface area contributed by atoms with E-state index in [1.54, 1.807) is 17.4 Å². The molecule has 1 heterocycles. The monoisotopic (exact) mass is 286 g/mol. The van der Waals surface area contributed by atoms with Gasteiger partial charge in [0.15, 0.2) is 0 Å². The molecule has 2 aromatic rings. The van der Waals surface area contributed by atoms with Gasteiger partial charge in [-0.05, 0) is 24.6 Å². The lowest BCUT2D eigenvalue weighted by atomic mass is 10.1. The van der Waals surface area contributed by atoms with E-state index in [9.17, 15) is 0 Å². The Hall–Kier alpha value is -0.610. The van der Waals surface area contributed by atoms with Crippen molar-refractivity contribution in [2.24, 2.45) is 5.73 Å². The summed E-state index contributed by atoms with van der Waals surface area (Å²) < 4.78 is 0. The Morgan fingerprint density at radius 3 is 2.71 bits per heavy atom. The van der Waals surface area contributed by atoms with Crippen LogP contribution in [0.5, 0.6) is 0 Å². The molecule has 1 unspecified atom stereocenters. The summed E-state index contributed by atoms with van der Waals surface area (Å²) in [6, 6.07) is 5.62. The van der Waals surface area contributed by atoms with Crippen LogP contribution in [0.2, 0.25) is 10.0 Å². The first-order valence-corrected chi connectivity index (χ1v) is 6.83. The van der Waals surface area contributed by atoms with E-state index in [0.29, 0.717) is 10.0 Å². The smallest absolute Gasteiger partial charge is 0.0972 e. The number of thiazole rings is 1. The lowest BCUT2D eigenvalue weighted by molar-refractivity contribution is 0.784. The maximum Gasteiger partial charge on any atom is 0.0972 e. The van der Waals surface area contributed by atoms with Crippen LogP contribution < -0.4 is 5.73 Å². The average molecular weight is 287 g/mol. The van der Waals surface area contributed by atoms with Gasteiger partial charge in [0.25, 0.3) is 0 Å². The first-order chi connectivity index (χ1) is 8.06. The van der Waals surface area contributed by atoms with Crippen LogP contribution in [-0.4, -0.2) is 4.98 Å². The van der Waals surface area contributed by atoms with Crippen LogP contribution in [0.4, 0.5) is 0 Å². The summed E-state index contributed by atoms with van der Waals surface area (Å²) >= 11 is 13.5. The first-order valence-electron chi connectivity index (χ1n) is 5.20. The Morgan fingerprint density at radius 2 is 2.12 bits per heavy atom. The minimum Gasteiger partial charge on any atom is -0.323 e. The van der Waals surface area contributed by atoms with Crippen molar-refractivity contribution in [2.75, 3.05) is 0 Å². The number of aromatic nitrogens is 1. The van der Waals surface area contributed by atoms with E-state index >= 15 is 0 Å². The summed E-state index contributed by atoms with van der Waals surface area (Å²) in [4.78, 5) is 4.47. The van der Waals surface area contributed by atoms with Crippen LogP contribution in [0.15, 0.2) is 23.6 Å². The van der Waals surface area contributed by atoms with Gasteiger partial charge in [-0.1, -0.05) is 29.3 Å². The Labute approximate surface area is 114 Å². The topological polar surface area (TPSA) is 38.9 Å². The van der Waals surface area contributed by atoms with Crippen LogP contribution in [-0.2, 0) is 6.42 Å². The third-order valence-corrected chi connectivity index (χ3v) is 3.98.